The van der Waals surface area contributed by atoms with Crippen LogP contribution in [0, 0.1) is 6.92 Å². The third-order valence-electron chi connectivity index (χ3n) is 6.45. The highest BCUT2D eigenvalue weighted by molar-refractivity contribution is 6.07. The lowest BCUT2D eigenvalue weighted by Gasteiger charge is -2.35. The summed E-state index contributed by atoms with van der Waals surface area (Å²) in [6, 6.07) is 23.0. The molecule has 0 N–H and O–H groups in total. The summed E-state index contributed by atoms with van der Waals surface area (Å²) in [7, 11) is 6.24. The second kappa shape index (κ2) is 10.8. The SMILES string of the molecule is Cc1ccccc1-c1ccc(N2CCN(C)CC2)c(C=CC(=O)c2cccc(CN(C)C)c2)c1. The first-order chi connectivity index (χ1) is 16.4. The minimum atomic E-state index is 0.0335. The van der Waals surface area contributed by atoms with E-state index in [2.05, 4.69) is 77.2 Å². The maximum Gasteiger partial charge on any atom is 0.185 e. The monoisotopic (exact) mass is 453 g/mol. The fraction of sp³-hybridized carbons (Fsp3) is 0.300. The Balaban J connectivity index is 1.66. The quantitative estimate of drug-likeness (QED) is 0.355. The molecule has 34 heavy (non-hydrogen) atoms. The van der Waals surface area contributed by atoms with Gasteiger partial charge < -0.3 is 14.7 Å². The van der Waals surface area contributed by atoms with E-state index in [4.69, 9.17) is 0 Å². The summed E-state index contributed by atoms with van der Waals surface area (Å²) in [5.41, 5.74) is 7.80. The van der Waals surface area contributed by atoms with Crippen molar-refractivity contribution in [2.75, 3.05) is 52.2 Å². The number of likely N-dealkylation sites (N-methyl/N-ethyl adjacent to an activating group) is 1. The van der Waals surface area contributed by atoms with Gasteiger partial charge in [-0.15, -0.1) is 0 Å². The van der Waals surface area contributed by atoms with Gasteiger partial charge in [0.2, 0.25) is 0 Å². The van der Waals surface area contributed by atoms with Crippen molar-refractivity contribution in [2.45, 2.75) is 13.5 Å². The number of nitrogens with zero attached hydrogens (tertiary/aromatic N) is 3. The van der Waals surface area contributed by atoms with Crippen LogP contribution >= 0.6 is 0 Å². The number of aryl methyl sites for hydroxylation is 1. The molecular weight excluding hydrogens is 418 g/mol. The first kappa shape index (κ1) is 23.9. The Morgan fingerprint density at radius 1 is 0.941 bits per heavy atom. The normalized spacial score (nSPS) is 14.8. The van der Waals surface area contributed by atoms with Gasteiger partial charge in [0.05, 0.1) is 0 Å². The smallest absolute Gasteiger partial charge is 0.185 e. The van der Waals surface area contributed by atoms with Crippen molar-refractivity contribution in [3.8, 4) is 11.1 Å². The number of benzene rings is 3. The van der Waals surface area contributed by atoms with Gasteiger partial charge in [0.25, 0.3) is 0 Å². The number of hydrogen-bond acceptors (Lipinski definition) is 4. The van der Waals surface area contributed by atoms with Crippen molar-refractivity contribution in [1.29, 1.82) is 0 Å². The number of carbonyl (C=O) groups is 1. The van der Waals surface area contributed by atoms with Gasteiger partial charge in [-0.25, -0.2) is 0 Å². The highest BCUT2D eigenvalue weighted by Crippen LogP contribution is 2.31. The van der Waals surface area contributed by atoms with E-state index >= 15 is 0 Å². The summed E-state index contributed by atoms with van der Waals surface area (Å²) >= 11 is 0. The molecule has 176 valence electrons. The molecule has 0 atom stereocenters. The third kappa shape index (κ3) is 5.82. The van der Waals surface area contributed by atoms with Crippen LogP contribution in [-0.2, 0) is 6.54 Å². The predicted octanol–water partition coefficient (Wildman–Crippen LogP) is 5.37. The lowest BCUT2D eigenvalue weighted by Crippen LogP contribution is -2.44. The number of piperazine rings is 1. The molecule has 1 aliphatic rings. The van der Waals surface area contributed by atoms with E-state index in [1.165, 1.54) is 22.4 Å². The van der Waals surface area contributed by atoms with Gasteiger partial charge in [0.15, 0.2) is 5.78 Å². The van der Waals surface area contributed by atoms with Crippen LogP contribution in [0.15, 0.2) is 72.8 Å². The van der Waals surface area contributed by atoms with Gasteiger partial charge in [-0.3, -0.25) is 4.79 Å². The summed E-state index contributed by atoms with van der Waals surface area (Å²) in [4.78, 5) is 20.0. The van der Waals surface area contributed by atoms with Gasteiger partial charge in [0.1, 0.15) is 0 Å². The Labute approximate surface area is 204 Å². The molecule has 4 heteroatoms. The third-order valence-corrected chi connectivity index (χ3v) is 6.45. The standard InChI is InChI=1S/C30H35N3O/c1-23-8-5-6-11-28(23)25-12-14-29(33-18-16-32(4)17-19-33)26(21-25)13-15-30(34)27-10-7-9-24(20-27)22-31(2)3/h5-15,20-21H,16-19,22H2,1-4H3. The Morgan fingerprint density at radius 3 is 2.44 bits per heavy atom. The van der Waals surface area contributed by atoms with Gasteiger partial charge >= 0.3 is 0 Å². The van der Waals surface area contributed by atoms with Crippen molar-refractivity contribution in [3.63, 3.8) is 0 Å². The van der Waals surface area contributed by atoms with Gasteiger partial charge in [0, 0.05) is 44.0 Å². The van der Waals surface area contributed by atoms with E-state index in [0.29, 0.717) is 0 Å². The molecule has 4 nitrogen and oxygen atoms in total. The molecule has 0 amide bonds. The minimum Gasteiger partial charge on any atom is -0.368 e. The van der Waals surface area contributed by atoms with Crippen molar-refractivity contribution >= 4 is 17.5 Å². The molecule has 0 spiro atoms. The number of ketones is 1. The lowest BCUT2D eigenvalue weighted by molar-refractivity contribution is 0.104. The van der Waals surface area contributed by atoms with Crippen LogP contribution in [0.25, 0.3) is 17.2 Å². The van der Waals surface area contributed by atoms with Crippen LogP contribution in [0.3, 0.4) is 0 Å². The average Bonchev–Trinajstić information content (AvgIpc) is 2.83. The molecule has 0 aliphatic carbocycles. The lowest BCUT2D eigenvalue weighted by atomic mass is 9.97. The second-order valence-electron chi connectivity index (χ2n) is 9.51. The molecule has 0 radical (unpaired) electrons. The first-order valence-corrected chi connectivity index (χ1v) is 12.0. The Kier molecular flexibility index (Phi) is 7.61. The number of anilines is 1. The maximum absolute atomic E-state index is 13.1. The van der Waals surface area contributed by atoms with Crippen LogP contribution in [0.5, 0.6) is 0 Å². The molecule has 1 fully saturated rings. The van der Waals surface area contributed by atoms with E-state index < -0.39 is 0 Å². The largest absolute Gasteiger partial charge is 0.368 e. The molecule has 4 rings (SSSR count). The molecule has 1 saturated heterocycles. The van der Waals surface area contributed by atoms with E-state index in [-0.39, 0.29) is 5.78 Å². The van der Waals surface area contributed by atoms with E-state index in [9.17, 15) is 4.79 Å². The Bertz CT molecular complexity index is 1170. The molecule has 3 aromatic carbocycles. The number of carbonyl (C=O) groups excluding carboxylic acids is 1. The van der Waals surface area contributed by atoms with Crippen LogP contribution in [-0.4, -0.2) is 62.9 Å². The van der Waals surface area contributed by atoms with Crippen molar-refractivity contribution in [2.24, 2.45) is 0 Å². The summed E-state index contributed by atoms with van der Waals surface area (Å²) in [5.74, 6) is 0.0335. The van der Waals surface area contributed by atoms with Crippen molar-refractivity contribution in [3.05, 3.63) is 95.1 Å². The fourth-order valence-electron chi connectivity index (χ4n) is 4.54. The average molecular weight is 454 g/mol. The summed E-state index contributed by atoms with van der Waals surface area (Å²) < 4.78 is 0. The minimum absolute atomic E-state index is 0.0335. The summed E-state index contributed by atoms with van der Waals surface area (Å²) in [5, 5.41) is 0. The Hall–Kier alpha value is -3.21. The zero-order chi connectivity index (χ0) is 24.1. The molecule has 0 aromatic heterocycles. The molecule has 0 unspecified atom stereocenters. The van der Waals surface area contributed by atoms with Crippen LogP contribution < -0.4 is 4.90 Å². The highest BCUT2D eigenvalue weighted by atomic mass is 16.1. The molecule has 3 aromatic rings. The molecule has 1 heterocycles. The molecule has 0 saturated carbocycles. The molecular formula is C30H35N3O. The topological polar surface area (TPSA) is 26.8 Å². The van der Waals surface area contributed by atoms with Crippen molar-refractivity contribution < 1.29 is 4.79 Å². The fourth-order valence-corrected chi connectivity index (χ4v) is 4.54. The number of rotatable bonds is 7. The van der Waals surface area contributed by atoms with E-state index in [1.54, 1.807) is 6.08 Å². The summed E-state index contributed by atoms with van der Waals surface area (Å²) in [6.07, 6.45) is 3.72. The van der Waals surface area contributed by atoms with E-state index in [0.717, 1.165) is 49.4 Å². The van der Waals surface area contributed by atoms with Crippen LogP contribution in [0.4, 0.5) is 5.69 Å². The number of allylic oxidation sites excluding steroid dienone is 1. The molecule has 1 aliphatic heterocycles. The maximum atomic E-state index is 13.1. The Morgan fingerprint density at radius 2 is 1.71 bits per heavy atom. The highest BCUT2D eigenvalue weighted by Gasteiger charge is 2.17. The van der Waals surface area contributed by atoms with Gasteiger partial charge in [-0.2, -0.15) is 0 Å². The summed E-state index contributed by atoms with van der Waals surface area (Å²) in [6.45, 7) is 7.02. The zero-order valence-corrected chi connectivity index (χ0v) is 20.8. The molecule has 0 bridgehead atoms. The number of hydrogen-bond donors (Lipinski definition) is 0. The first-order valence-electron chi connectivity index (χ1n) is 12.0. The van der Waals surface area contributed by atoms with E-state index in [1.807, 2.05) is 38.4 Å². The van der Waals surface area contributed by atoms with Gasteiger partial charge in [-0.05, 0) is 86.2 Å². The second-order valence-corrected chi connectivity index (χ2v) is 9.51. The van der Waals surface area contributed by atoms with Gasteiger partial charge in [-0.1, -0.05) is 48.5 Å². The van der Waals surface area contributed by atoms with Crippen LogP contribution in [0.2, 0.25) is 0 Å². The zero-order valence-electron chi connectivity index (χ0n) is 20.8. The van der Waals surface area contributed by atoms with Crippen LogP contribution in [0.1, 0.15) is 27.0 Å². The predicted molar refractivity (Wildman–Crippen MR) is 144 cm³/mol. The van der Waals surface area contributed by atoms with Crippen molar-refractivity contribution in [1.82, 2.24) is 9.80 Å².